The number of halogens is 1. The average Bonchev–Trinajstić information content (AvgIpc) is 2.48. The molecule has 2 rings (SSSR count). The van der Waals surface area contributed by atoms with Crippen LogP contribution in [0.3, 0.4) is 0 Å². The molecular formula is C12H20ClN3. The Morgan fingerprint density at radius 1 is 1.38 bits per heavy atom. The van der Waals surface area contributed by atoms with Crippen LogP contribution in [-0.2, 0) is 13.6 Å². The van der Waals surface area contributed by atoms with E-state index in [1.54, 1.807) is 6.20 Å². The van der Waals surface area contributed by atoms with E-state index in [0.717, 1.165) is 24.2 Å². The van der Waals surface area contributed by atoms with Gasteiger partial charge in [-0.05, 0) is 18.3 Å². The molecule has 3 nitrogen and oxygen atoms in total. The van der Waals surface area contributed by atoms with Crippen LogP contribution >= 0.6 is 11.6 Å². The minimum Gasteiger partial charge on any atom is -0.321 e. The zero-order valence-electron chi connectivity index (χ0n) is 10.3. The number of aromatic nitrogens is 2. The summed E-state index contributed by atoms with van der Waals surface area (Å²) in [6.07, 6.45) is 3.07. The Hall–Kier alpha value is -0.540. The summed E-state index contributed by atoms with van der Waals surface area (Å²) in [5, 5.41) is 0.716. The molecule has 1 saturated heterocycles. The second kappa shape index (κ2) is 4.76. The fourth-order valence-electron chi connectivity index (χ4n) is 2.69. The molecule has 4 heteroatoms. The van der Waals surface area contributed by atoms with Crippen LogP contribution in [0.15, 0.2) is 6.20 Å². The average molecular weight is 242 g/mol. The van der Waals surface area contributed by atoms with Gasteiger partial charge in [0.1, 0.15) is 11.0 Å². The zero-order valence-corrected chi connectivity index (χ0v) is 11.0. The minimum absolute atomic E-state index is 0.716. The third-order valence-corrected chi connectivity index (χ3v) is 3.69. The number of hydrogen-bond acceptors (Lipinski definition) is 2. The molecule has 1 aliphatic rings. The number of hydrogen-bond donors (Lipinski definition) is 0. The SMILES string of the molecule is CC1CC(C)CN(Cc2ncc(Cl)n2C)C1. The quantitative estimate of drug-likeness (QED) is 0.794. The third-order valence-electron chi connectivity index (χ3n) is 3.34. The molecule has 0 aliphatic carbocycles. The molecule has 2 unspecified atom stereocenters. The van der Waals surface area contributed by atoms with Crippen molar-refractivity contribution in [2.45, 2.75) is 26.8 Å². The van der Waals surface area contributed by atoms with Crippen molar-refractivity contribution in [3.05, 3.63) is 17.2 Å². The summed E-state index contributed by atoms with van der Waals surface area (Å²) in [6, 6.07) is 0. The van der Waals surface area contributed by atoms with E-state index in [4.69, 9.17) is 11.6 Å². The first kappa shape index (κ1) is 11.9. The molecule has 0 amide bonds. The highest BCUT2D eigenvalue weighted by Crippen LogP contribution is 2.22. The standard InChI is InChI=1S/C12H20ClN3/c1-9-4-10(2)7-16(6-9)8-12-14-5-11(13)15(12)3/h5,9-10H,4,6-8H2,1-3H3. The fourth-order valence-corrected chi connectivity index (χ4v) is 2.84. The summed E-state index contributed by atoms with van der Waals surface area (Å²) < 4.78 is 1.96. The van der Waals surface area contributed by atoms with Crippen molar-refractivity contribution in [1.82, 2.24) is 14.5 Å². The third kappa shape index (κ3) is 2.58. The van der Waals surface area contributed by atoms with Gasteiger partial charge < -0.3 is 4.57 Å². The van der Waals surface area contributed by atoms with Gasteiger partial charge in [0.25, 0.3) is 0 Å². The Morgan fingerprint density at radius 2 is 2.00 bits per heavy atom. The molecule has 90 valence electrons. The maximum atomic E-state index is 5.99. The Balaban J connectivity index is 2.01. The van der Waals surface area contributed by atoms with Crippen molar-refractivity contribution in [2.75, 3.05) is 13.1 Å². The monoisotopic (exact) mass is 241 g/mol. The van der Waals surface area contributed by atoms with Gasteiger partial charge in [0.05, 0.1) is 12.7 Å². The van der Waals surface area contributed by atoms with E-state index in [0.29, 0.717) is 5.15 Å². The van der Waals surface area contributed by atoms with Gasteiger partial charge in [-0.15, -0.1) is 0 Å². The van der Waals surface area contributed by atoms with E-state index in [2.05, 4.69) is 23.7 Å². The molecule has 2 atom stereocenters. The smallest absolute Gasteiger partial charge is 0.128 e. The van der Waals surface area contributed by atoms with E-state index in [1.807, 2.05) is 11.6 Å². The van der Waals surface area contributed by atoms with Crippen molar-refractivity contribution < 1.29 is 0 Å². The number of nitrogens with zero attached hydrogens (tertiary/aromatic N) is 3. The first-order chi connectivity index (χ1) is 7.56. The Kier molecular flexibility index (Phi) is 3.55. The predicted octanol–water partition coefficient (Wildman–Crippen LogP) is 2.55. The van der Waals surface area contributed by atoms with Crippen LogP contribution in [0, 0.1) is 11.8 Å². The Bertz CT molecular complexity index is 351. The zero-order chi connectivity index (χ0) is 11.7. The van der Waals surface area contributed by atoms with Crippen LogP contribution in [0.25, 0.3) is 0 Å². The molecule has 1 aromatic rings. The highest BCUT2D eigenvalue weighted by molar-refractivity contribution is 6.29. The van der Waals surface area contributed by atoms with Gasteiger partial charge >= 0.3 is 0 Å². The number of imidazole rings is 1. The first-order valence-corrected chi connectivity index (χ1v) is 6.32. The van der Waals surface area contributed by atoms with Gasteiger partial charge in [0.15, 0.2) is 0 Å². The van der Waals surface area contributed by atoms with Gasteiger partial charge in [-0.1, -0.05) is 25.4 Å². The van der Waals surface area contributed by atoms with Crippen LogP contribution in [0.2, 0.25) is 5.15 Å². The van der Waals surface area contributed by atoms with Crippen molar-refractivity contribution in [3.8, 4) is 0 Å². The lowest BCUT2D eigenvalue weighted by Gasteiger charge is -2.34. The molecule has 0 bridgehead atoms. The van der Waals surface area contributed by atoms with Crippen molar-refractivity contribution >= 4 is 11.6 Å². The fraction of sp³-hybridized carbons (Fsp3) is 0.750. The molecule has 0 radical (unpaired) electrons. The summed E-state index contributed by atoms with van der Waals surface area (Å²) in [5.74, 6) is 2.64. The normalized spacial score (nSPS) is 27.2. The summed E-state index contributed by atoms with van der Waals surface area (Å²) in [4.78, 5) is 6.83. The first-order valence-electron chi connectivity index (χ1n) is 5.94. The molecule has 0 N–H and O–H groups in total. The number of rotatable bonds is 2. The summed E-state index contributed by atoms with van der Waals surface area (Å²) in [7, 11) is 1.97. The lowest BCUT2D eigenvalue weighted by atomic mass is 9.92. The van der Waals surface area contributed by atoms with Crippen LogP contribution in [0.4, 0.5) is 0 Å². The Morgan fingerprint density at radius 3 is 2.50 bits per heavy atom. The summed E-state index contributed by atoms with van der Waals surface area (Å²) in [6.45, 7) is 7.92. The topological polar surface area (TPSA) is 21.1 Å². The van der Waals surface area contributed by atoms with Gasteiger partial charge in [-0.25, -0.2) is 4.98 Å². The van der Waals surface area contributed by atoms with Crippen molar-refractivity contribution in [3.63, 3.8) is 0 Å². The van der Waals surface area contributed by atoms with Crippen LogP contribution in [0.1, 0.15) is 26.1 Å². The maximum absolute atomic E-state index is 5.99. The molecule has 1 aromatic heterocycles. The summed E-state index contributed by atoms with van der Waals surface area (Å²) >= 11 is 5.99. The second-order valence-corrected chi connectivity index (χ2v) is 5.58. The van der Waals surface area contributed by atoms with Gasteiger partial charge in [0, 0.05) is 20.1 Å². The maximum Gasteiger partial charge on any atom is 0.128 e. The molecule has 1 fully saturated rings. The number of likely N-dealkylation sites (tertiary alicyclic amines) is 1. The second-order valence-electron chi connectivity index (χ2n) is 5.20. The van der Waals surface area contributed by atoms with E-state index in [-0.39, 0.29) is 0 Å². The van der Waals surface area contributed by atoms with E-state index in [1.165, 1.54) is 19.5 Å². The van der Waals surface area contributed by atoms with Gasteiger partial charge in [-0.3, -0.25) is 4.90 Å². The molecule has 0 aromatic carbocycles. The van der Waals surface area contributed by atoms with E-state index in [9.17, 15) is 0 Å². The lowest BCUT2D eigenvalue weighted by Crippen LogP contribution is -2.38. The highest BCUT2D eigenvalue weighted by Gasteiger charge is 2.22. The molecular weight excluding hydrogens is 222 g/mol. The van der Waals surface area contributed by atoms with Crippen molar-refractivity contribution in [2.24, 2.45) is 18.9 Å². The predicted molar refractivity (Wildman–Crippen MR) is 66.4 cm³/mol. The number of piperidine rings is 1. The molecule has 0 spiro atoms. The molecule has 1 aliphatic heterocycles. The van der Waals surface area contributed by atoms with Crippen LogP contribution in [0.5, 0.6) is 0 Å². The largest absolute Gasteiger partial charge is 0.321 e. The summed E-state index contributed by atoms with van der Waals surface area (Å²) in [5.41, 5.74) is 0. The van der Waals surface area contributed by atoms with E-state index < -0.39 is 0 Å². The van der Waals surface area contributed by atoms with Crippen LogP contribution in [-0.4, -0.2) is 27.5 Å². The minimum atomic E-state index is 0.716. The van der Waals surface area contributed by atoms with Crippen molar-refractivity contribution in [1.29, 1.82) is 0 Å². The molecule has 2 heterocycles. The molecule has 0 saturated carbocycles. The molecule has 16 heavy (non-hydrogen) atoms. The lowest BCUT2D eigenvalue weighted by molar-refractivity contribution is 0.130. The Labute approximate surface area is 102 Å². The van der Waals surface area contributed by atoms with Gasteiger partial charge in [-0.2, -0.15) is 0 Å². The highest BCUT2D eigenvalue weighted by atomic mass is 35.5. The van der Waals surface area contributed by atoms with Crippen LogP contribution < -0.4 is 0 Å². The van der Waals surface area contributed by atoms with E-state index >= 15 is 0 Å². The van der Waals surface area contributed by atoms with Gasteiger partial charge in [0.2, 0.25) is 0 Å².